The number of benzene rings is 1. The van der Waals surface area contributed by atoms with Crippen molar-refractivity contribution in [3.8, 4) is 11.3 Å². The van der Waals surface area contributed by atoms with Gasteiger partial charge < -0.3 is 24.1 Å². The van der Waals surface area contributed by atoms with Gasteiger partial charge in [-0.05, 0) is 42.8 Å². The number of β-amino-alcohol motifs (C(OH)–C–C–N with tert-alkyl or cyclic N) is 1. The highest BCUT2D eigenvalue weighted by Crippen LogP contribution is 2.26. The van der Waals surface area contributed by atoms with Crippen molar-refractivity contribution >= 4 is 16.9 Å². The first-order valence-electron chi connectivity index (χ1n) is 10.9. The number of fused-ring (bicyclic) bond motifs is 1. The molecule has 7 nitrogen and oxygen atoms in total. The summed E-state index contributed by atoms with van der Waals surface area (Å²) >= 11 is 0. The zero-order chi connectivity index (χ0) is 21.2. The van der Waals surface area contributed by atoms with Gasteiger partial charge >= 0.3 is 0 Å². The first-order chi connectivity index (χ1) is 15.2. The fourth-order valence-electron chi connectivity index (χ4n) is 4.30. The van der Waals surface area contributed by atoms with Crippen LogP contribution in [0.1, 0.15) is 22.5 Å². The fraction of sp³-hybridized carbons (Fsp3) is 0.417. The number of nitrogens with zero attached hydrogens (tertiary/aromatic N) is 3. The van der Waals surface area contributed by atoms with E-state index in [1.54, 1.807) is 6.20 Å². The van der Waals surface area contributed by atoms with E-state index in [9.17, 15) is 9.90 Å². The number of carbonyl (C=O) groups excluding carboxylic acids is 1. The number of pyridine rings is 1. The van der Waals surface area contributed by atoms with Gasteiger partial charge in [0.05, 0.1) is 30.6 Å². The number of morpholine rings is 1. The van der Waals surface area contributed by atoms with Gasteiger partial charge in [0.2, 0.25) is 0 Å². The van der Waals surface area contributed by atoms with Crippen LogP contribution in [0.5, 0.6) is 0 Å². The number of rotatable bonds is 5. The molecule has 0 spiro atoms. The van der Waals surface area contributed by atoms with E-state index in [-0.39, 0.29) is 12.0 Å². The molecule has 5 rings (SSSR count). The first kappa shape index (κ1) is 20.2. The highest BCUT2D eigenvalue weighted by Gasteiger charge is 2.20. The monoisotopic (exact) mass is 421 g/mol. The number of likely N-dealkylation sites (tertiary alicyclic amines) is 1. The largest absolute Gasteiger partial charge is 0.461 e. The van der Waals surface area contributed by atoms with Crippen LogP contribution < -0.4 is 0 Å². The minimum absolute atomic E-state index is 0.00259. The summed E-state index contributed by atoms with van der Waals surface area (Å²) in [5.41, 5.74) is 3.28. The number of aromatic nitrogens is 1. The quantitative estimate of drug-likeness (QED) is 0.682. The van der Waals surface area contributed by atoms with Gasteiger partial charge in [0.25, 0.3) is 5.91 Å². The SMILES string of the molecule is O=C(c1ccc(-c2ccc3oc(CCN4CC[C@@H](O)C4)cc3c2)nc1)N1CCOCC1. The average Bonchev–Trinajstić information content (AvgIpc) is 3.42. The van der Waals surface area contributed by atoms with Crippen LogP contribution in [0.15, 0.2) is 47.0 Å². The van der Waals surface area contributed by atoms with Gasteiger partial charge in [-0.3, -0.25) is 9.78 Å². The summed E-state index contributed by atoms with van der Waals surface area (Å²) in [6.45, 7) is 5.01. The van der Waals surface area contributed by atoms with Crippen molar-refractivity contribution in [2.24, 2.45) is 0 Å². The molecule has 1 aromatic carbocycles. The summed E-state index contributed by atoms with van der Waals surface area (Å²) in [6.07, 6.45) is 3.14. The Labute approximate surface area is 181 Å². The van der Waals surface area contributed by atoms with Crippen LogP contribution in [0.4, 0.5) is 0 Å². The van der Waals surface area contributed by atoms with Gasteiger partial charge in [-0.15, -0.1) is 0 Å². The maximum Gasteiger partial charge on any atom is 0.255 e. The van der Waals surface area contributed by atoms with Crippen molar-refractivity contribution in [2.75, 3.05) is 45.9 Å². The molecule has 2 aliphatic rings. The summed E-state index contributed by atoms with van der Waals surface area (Å²) in [5.74, 6) is 0.954. The summed E-state index contributed by atoms with van der Waals surface area (Å²) in [7, 11) is 0. The third-order valence-electron chi connectivity index (χ3n) is 6.09. The Balaban J connectivity index is 1.28. The molecule has 0 bridgehead atoms. The fourth-order valence-corrected chi connectivity index (χ4v) is 4.30. The topological polar surface area (TPSA) is 79.0 Å². The van der Waals surface area contributed by atoms with Gasteiger partial charge in [0, 0.05) is 56.3 Å². The van der Waals surface area contributed by atoms with Gasteiger partial charge in [-0.2, -0.15) is 0 Å². The number of aliphatic hydroxyl groups excluding tert-OH is 1. The first-order valence-corrected chi connectivity index (χ1v) is 10.9. The van der Waals surface area contributed by atoms with E-state index in [1.807, 2.05) is 29.2 Å². The van der Waals surface area contributed by atoms with Gasteiger partial charge in [0.1, 0.15) is 11.3 Å². The molecule has 1 atom stereocenters. The van der Waals surface area contributed by atoms with E-state index in [0.29, 0.717) is 31.9 Å². The minimum Gasteiger partial charge on any atom is -0.461 e. The van der Waals surface area contributed by atoms with E-state index in [4.69, 9.17) is 9.15 Å². The van der Waals surface area contributed by atoms with Crippen molar-refractivity contribution < 1.29 is 19.1 Å². The molecule has 0 aliphatic carbocycles. The van der Waals surface area contributed by atoms with Gasteiger partial charge in [0.15, 0.2) is 0 Å². The minimum atomic E-state index is -0.193. The molecule has 0 unspecified atom stereocenters. The van der Waals surface area contributed by atoms with Crippen LogP contribution in [-0.4, -0.2) is 77.8 Å². The van der Waals surface area contributed by atoms with Crippen molar-refractivity contribution in [1.29, 1.82) is 0 Å². The molecule has 0 radical (unpaired) electrons. The van der Waals surface area contributed by atoms with Crippen LogP contribution in [0.2, 0.25) is 0 Å². The molecule has 7 heteroatoms. The Bertz CT molecular complexity index is 1060. The van der Waals surface area contributed by atoms with Crippen LogP contribution in [0, 0.1) is 0 Å². The van der Waals surface area contributed by atoms with Crippen molar-refractivity contribution in [3.63, 3.8) is 0 Å². The maximum atomic E-state index is 12.6. The molecular weight excluding hydrogens is 394 g/mol. The zero-order valence-corrected chi connectivity index (χ0v) is 17.5. The third kappa shape index (κ3) is 4.49. The molecule has 2 aliphatic heterocycles. The molecule has 1 amide bonds. The van der Waals surface area contributed by atoms with E-state index in [2.05, 4.69) is 22.0 Å². The lowest BCUT2D eigenvalue weighted by Gasteiger charge is -2.26. The molecule has 1 N–H and O–H groups in total. The summed E-state index contributed by atoms with van der Waals surface area (Å²) in [6, 6.07) is 11.9. The predicted molar refractivity (Wildman–Crippen MR) is 117 cm³/mol. The van der Waals surface area contributed by atoms with Crippen LogP contribution in [0.3, 0.4) is 0 Å². The second kappa shape index (κ2) is 8.78. The molecule has 31 heavy (non-hydrogen) atoms. The lowest BCUT2D eigenvalue weighted by atomic mass is 10.1. The smallest absolute Gasteiger partial charge is 0.255 e. The Morgan fingerprint density at radius 1 is 1.13 bits per heavy atom. The van der Waals surface area contributed by atoms with Gasteiger partial charge in [-0.1, -0.05) is 0 Å². The molecule has 162 valence electrons. The normalized spacial score (nSPS) is 19.9. The molecular formula is C24H27N3O4. The van der Waals surface area contributed by atoms with Crippen molar-refractivity contribution in [2.45, 2.75) is 18.9 Å². The molecule has 2 aromatic heterocycles. The number of amides is 1. The number of furan rings is 1. The standard InChI is InChI=1S/C24H27N3O4/c28-20-5-7-26(16-20)8-6-21-14-19-13-17(2-4-23(19)31-21)22-3-1-18(15-25-22)24(29)27-9-11-30-12-10-27/h1-4,13-15,20,28H,5-12,16H2/t20-/m1/s1. The van der Waals surface area contributed by atoms with E-state index >= 15 is 0 Å². The summed E-state index contributed by atoms with van der Waals surface area (Å²) in [5, 5.41) is 10.7. The Hall–Kier alpha value is -2.74. The highest BCUT2D eigenvalue weighted by atomic mass is 16.5. The third-order valence-corrected chi connectivity index (χ3v) is 6.09. The van der Waals surface area contributed by atoms with E-state index in [1.165, 1.54) is 0 Å². The molecule has 2 fully saturated rings. The second-order valence-corrected chi connectivity index (χ2v) is 8.30. The predicted octanol–water partition coefficient (Wildman–Crippen LogP) is 2.58. The van der Waals surface area contributed by atoms with E-state index in [0.717, 1.165) is 60.5 Å². The lowest BCUT2D eigenvalue weighted by molar-refractivity contribution is 0.0302. The van der Waals surface area contributed by atoms with E-state index < -0.39 is 0 Å². The number of aliphatic hydroxyl groups is 1. The van der Waals surface area contributed by atoms with Crippen LogP contribution in [0.25, 0.3) is 22.2 Å². The number of carbonyl (C=O) groups is 1. The van der Waals surface area contributed by atoms with Crippen LogP contribution >= 0.6 is 0 Å². The Morgan fingerprint density at radius 3 is 2.74 bits per heavy atom. The molecule has 0 saturated carbocycles. The second-order valence-electron chi connectivity index (χ2n) is 8.30. The zero-order valence-electron chi connectivity index (χ0n) is 17.5. The van der Waals surface area contributed by atoms with Crippen LogP contribution in [-0.2, 0) is 11.2 Å². The Kier molecular flexibility index (Phi) is 5.72. The average molecular weight is 421 g/mol. The lowest BCUT2D eigenvalue weighted by Crippen LogP contribution is -2.40. The van der Waals surface area contributed by atoms with Gasteiger partial charge in [-0.25, -0.2) is 0 Å². The molecule has 3 aromatic rings. The Morgan fingerprint density at radius 2 is 2.00 bits per heavy atom. The van der Waals surface area contributed by atoms with Crippen molar-refractivity contribution in [3.05, 3.63) is 53.9 Å². The number of hydrogen-bond acceptors (Lipinski definition) is 6. The number of hydrogen-bond donors (Lipinski definition) is 1. The van der Waals surface area contributed by atoms with Crippen molar-refractivity contribution in [1.82, 2.24) is 14.8 Å². The summed E-state index contributed by atoms with van der Waals surface area (Å²) in [4.78, 5) is 21.2. The summed E-state index contributed by atoms with van der Waals surface area (Å²) < 4.78 is 11.3. The molecule has 4 heterocycles. The maximum absolute atomic E-state index is 12.6. The highest BCUT2D eigenvalue weighted by molar-refractivity contribution is 5.94. The number of ether oxygens (including phenoxy) is 1. The molecule has 2 saturated heterocycles.